The lowest BCUT2D eigenvalue weighted by Crippen LogP contribution is -2.28. The molecule has 0 atom stereocenters. The number of anilines is 1. The molecule has 106 valence electrons. The minimum absolute atomic E-state index is 0.776. The molecule has 0 unspecified atom stereocenters. The number of rotatable bonds is 3. The Morgan fingerprint density at radius 3 is 3.10 bits per heavy atom. The van der Waals surface area contributed by atoms with Crippen LogP contribution in [-0.2, 0) is 6.42 Å². The first-order valence-electron chi connectivity index (χ1n) is 6.93. The third-order valence-electron chi connectivity index (χ3n) is 3.40. The Bertz CT molecular complexity index is 560. The maximum Gasteiger partial charge on any atom is 0.244 e. The van der Waals surface area contributed by atoms with Crippen LogP contribution in [0.5, 0.6) is 0 Å². The largest absolute Gasteiger partial charge is 0.338 e. The first kappa shape index (κ1) is 13.6. The number of aromatic nitrogens is 3. The molecule has 2 aromatic rings. The monoisotopic (exact) mass is 335 g/mol. The van der Waals surface area contributed by atoms with Crippen molar-refractivity contribution >= 4 is 21.9 Å². The summed E-state index contributed by atoms with van der Waals surface area (Å²) in [6.45, 7) is 4.05. The number of hydrogen-bond acceptors (Lipinski definition) is 4. The molecule has 1 aromatic carbocycles. The average Bonchev–Trinajstić information content (AvgIpc) is 2.73. The Balaban J connectivity index is 1.70. The van der Waals surface area contributed by atoms with Gasteiger partial charge in [-0.3, -0.25) is 5.10 Å². The SMILES string of the molecule is Brc1cccc(Cc2nc(N3CCCNCC3)n[nH]2)c1. The predicted octanol–water partition coefficient (Wildman–Crippen LogP) is 1.96. The summed E-state index contributed by atoms with van der Waals surface area (Å²) < 4.78 is 1.09. The van der Waals surface area contributed by atoms with Gasteiger partial charge in [0.25, 0.3) is 0 Å². The van der Waals surface area contributed by atoms with Gasteiger partial charge in [-0.2, -0.15) is 4.98 Å². The van der Waals surface area contributed by atoms with Gasteiger partial charge in [0.1, 0.15) is 5.82 Å². The first-order chi connectivity index (χ1) is 9.81. The van der Waals surface area contributed by atoms with Crippen molar-refractivity contribution in [2.24, 2.45) is 0 Å². The van der Waals surface area contributed by atoms with E-state index in [0.29, 0.717) is 0 Å². The molecule has 0 spiro atoms. The summed E-state index contributed by atoms with van der Waals surface area (Å²) in [6, 6.07) is 8.28. The number of nitrogens with zero attached hydrogens (tertiary/aromatic N) is 3. The number of halogens is 1. The van der Waals surface area contributed by atoms with Crippen LogP contribution in [0.3, 0.4) is 0 Å². The summed E-state index contributed by atoms with van der Waals surface area (Å²) in [4.78, 5) is 6.85. The van der Waals surface area contributed by atoms with Crippen LogP contribution in [0.1, 0.15) is 17.8 Å². The molecule has 1 aromatic heterocycles. The van der Waals surface area contributed by atoms with Gasteiger partial charge in [-0.25, -0.2) is 0 Å². The average molecular weight is 336 g/mol. The van der Waals surface area contributed by atoms with Crippen molar-refractivity contribution in [2.45, 2.75) is 12.8 Å². The van der Waals surface area contributed by atoms with Crippen LogP contribution >= 0.6 is 15.9 Å². The van der Waals surface area contributed by atoms with E-state index >= 15 is 0 Å². The van der Waals surface area contributed by atoms with E-state index in [-0.39, 0.29) is 0 Å². The Hall–Kier alpha value is -1.40. The van der Waals surface area contributed by atoms with Gasteiger partial charge in [0.15, 0.2) is 0 Å². The van der Waals surface area contributed by atoms with Crippen molar-refractivity contribution < 1.29 is 0 Å². The highest BCUT2D eigenvalue weighted by Gasteiger charge is 2.14. The molecular formula is C14H18BrN5. The van der Waals surface area contributed by atoms with E-state index in [1.165, 1.54) is 5.56 Å². The van der Waals surface area contributed by atoms with Gasteiger partial charge >= 0.3 is 0 Å². The van der Waals surface area contributed by atoms with Crippen LogP contribution in [0, 0.1) is 0 Å². The lowest BCUT2D eigenvalue weighted by atomic mass is 10.1. The molecular weight excluding hydrogens is 318 g/mol. The second-order valence-corrected chi connectivity index (χ2v) is 5.90. The summed E-state index contributed by atoms with van der Waals surface area (Å²) in [7, 11) is 0. The fourth-order valence-electron chi connectivity index (χ4n) is 2.39. The number of hydrogen-bond donors (Lipinski definition) is 2. The molecule has 1 aliphatic rings. The van der Waals surface area contributed by atoms with Crippen LogP contribution in [0.4, 0.5) is 5.95 Å². The maximum atomic E-state index is 4.62. The topological polar surface area (TPSA) is 56.8 Å². The standard InChI is InChI=1S/C14H18BrN5/c15-12-4-1-3-11(9-12)10-13-17-14(19-18-13)20-7-2-5-16-6-8-20/h1,3-4,9,16H,2,5-8,10H2,(H,17,18,19). The molecule has 5 nitrogen and oxygen atoms in total. The Morgan fingerprint density at radius 1 is 1.25 bits per heavy atom. The first-order valence-corrected chi connectivity index (χ1v) is 7.72. The zero-order chi connectivity index (χ0) is 13.8. The van der Waals surface area contributed by atoms with Crippen molar-refractivity contribution in [3.05, 3.63) is 40.1 Å². The quantitative estimate of drug-likeness (QED) is 0.900. The molecule has 0 aliphatic carbocycles. The van der Waals surface area contributed by atoms with Gasteiger partial charge in [0, 0.05) is 30.5 Å². The molecule has 2 N–H and O–H groups in total. The smallest absolute Gasteiger partial charge is 0.244 e. The normalized spacial score (nSPS) is 16.1. The molecule has 1 fully saturated rings. The summed E-state index contributed by atoms with van der Waals surface area (Å²) in [5.74, 6) is 1.73. The van der Waals surface area contributed by atoms with E-state index in [0.717, 1.165) is 55.3 Å². The summed E-state index contributed by atoms with van der Waals surface area (Å²) in [5, 5.41) is 10.8. The van der Waals surface area contributed by atoms with Crippen molar-refractivity contribution in [2.75, 3.05) is 31.1 Å². The number of nitrogens with one attached hydrogen (secondary N) is 2. The Labute approximate surface area is 126 Å². The molecule has 0 bridgehead atoms. The summed E-state index contributed by atoms with van der Waals surface area (Å²) in [5.41, 5.74) is 1.22. The second kappa shape index (κ2) is 6.37. The van der Waals surface area contributed by atoms with Crippen LogP contribution in [0.2, 0.25) is 0 Å². The fraction of sp³-hybridized carbons (Fsp3) is 0.429. The van der Waals surface area contributed by atoms with Gasteiger partial charge < -0.3 is 10.2 Å². The van der Waals surface area contributed by atoms with Gasteiger partial charge in [-0.05, 0) is 30.7 Å². The molecule has 6 heteroatoms. The van der Waals surface area contributed by atoms with Gasteiger partial charge in [-0.1, -0.05) is 28.1 Å². The minimum atomic E-state index is 0.776. The zero-order valence-electron chi connectivity index (χ0n) is 11.3. The van der Waals surface area contributed by atoms with Gasteiger partial charge in [0.05, 0.1) is 0 Å². The lowest BCUT2D eigenvalue weighted by Gasteiger charge is -2.16. The molecule has 3 rings (SSSR count). The van der Waals surface area contributed by atoms with E-state index in [4.69, 9.17) is 0 Å². The molecule has 1 aliphatic heterocycles. The van der Waals surface area contributed by atoms with Crippen LogP contribution in [-0.4, -0.2) is 41.4 Å². The van der Waals surface area contributed by atoms with E-state index in [1.54, 1.807) is 0 Å². The highest BCUT2D eigenvalue weighted by molar-refractivity contribution is 9.10. The number of aromatic amines is 1. The Kier molecular flexibility index (Phi) is 4.32. The zero-order valence-corrected chi connectivity index (χ0v) is 12.9. The van der Waals surface area contributed by atoms with Gasteiger partial charge in [-0.15, -0.1) is 5.10 Å². The lowest BCUT2D eigenvalue weighted by molar-refractivity contribution is 0.724. The molecule has 2 heterocycles. The molecule has 0 saturated carbocycles. The second-order valence-electron chi connectivity index (χ2n) is 4.98. The van der Waals surface area contributed by atoms with E-state index < -0.39 is 0 Å². The van der Waals surface area contributed by atoms with E-state index in [2.05, 4.69) is 53.5 Å². The van der Waals surface area contributed by atoms with Crippen LogP contribution in [0.25, 0.3) is 0 Å². The van der Waals surface area contributed by atoms with E-state index in [1.807, 2.05) is 12.1 Å². The predicted molar refractivity (Wildman–Crippen MR) is 83.0 cm³/mol. The number of H-pyrrole nitrogens is 1. The minimum Gasteiger partial charge on any atom is -0.338 e. The van der Waals surface area contributed by atoms with Crippen molar-refractivity contribution in [3.8, 4) is 0 Å². The molecule has 0 amide bonds. The van der Waals surface area contributed by atoms with Crippen LogP contribution < -0.4 is 10.2 Å². The third-order valence-corrected chi connectivity index (χ3v) is 3.90. The third kappa shape index (κ3) is 3.37. The molecule has 0 radical (unpaired) electrons. The summed E-state index contributed by atoms with van der Waals surface area (Å²) >= 11 is 3.49. The maximum absolute atomic E-state index is 4.62. The molecule has 1 saturated heterocycles. The number of benzene rings is 1. The van der Waals surface area contributed by atoms with Crippen LogP contribution in [0.15, 0.2) is 28.7 Å². The van der Waals surface area contributed by atoms with Crippen molar-refractivity contribution in [1.29, 1.82) is 0 Å². The van der Waals surface area contributed by atoms with E-state index in [9.17, 15) is 0 Å². The van der Waals surface area contributed by atoms with Gasteiger partial charge in [0.2, 0.25) is 5.95 Å². The van der Waals surface area contributed by atoms with Crippen molar-refractivity contribution in [3.63, 3.8) is 0 Å². The Morgan fingerprint density at radius 2 is 2.20 bits per heavy atom. The summed E-state index contributed by atoms with van der Waals surface area (Å²) in [6.07, 6.45) is 1.91. The molecule has 20 heavy (non-hydrogen) atoms. The van der Waals surface area contributed by atoms with Crippen molar-refractivity contribution in [1.82, 2.24) is 20.5 Å². The highest BCUT2D eigenvalue weighted by atomic mass is 79.9. The highest BCUT2D eigenvalue weighted by Crippen LogP contribution is 2.15. The fourth-order valence-corrected chi connectivity index (χ4v) is 2.84.